The fourth-order valence-electron chi connectivity index (χ4n) is 3.88. The van der Waals surface area contributed by atoms with E-state index in [-0.39, 0.29) is 11.9 Å². The van der Waals surface area contributed by atoms with Gasteiger partial charge >= 0.3 is 0 Å². The molecular weight excluding hydrogens is 246 g/mol. The molecule has 0 heterocycles. The van der Waals surface area contributed by atoms with E-state index in [0.717, 1.165) is 24.7 Å². The fourth-order valence-corrected chi connectivity index (χ4v) is 4.08. The number of hydrogen-bond donors (Lipinski definition) is 1. The van der Waals surface area contributed by atoms with Gasteiger partial charge in [-0.05, 0) is 49.4 Å². The Morgan fingerprint density at radius 2 is 2.11 bits per heavy atom. The highest BCUT2D eigenvalue weighted by Crippen LogP contribution is 2.49. The first-order chi connectivity index (χ1) is 8.58. The summed E-state index contributed by atoms with van der Waals surface area (Å²) in [6.07, 6.45) is 7.13. The van der Waals surface area contributed by atoms with Crippen molar-refractivity contribution in [2.75, 3.05) is 5.88 Å². The lowest BCUT2D eigenvalue weighted by molar-refractivity contribution is -0.123. The molecule has 2 aliphatic carbocycles. The van der Waals surface area contributed by atoms with Crippen LogP contribution >= 0.6 is 11.6 Å². The third kappa shape index (κ3) is 3.63. The van der Waals surface area contributed by atoms with Gasteiger partial charge in [0.2, 0.25) is 5.91 Å². The summed E-state index contributed by atoms with van der Waals surface area (Å²) in [5.74, 6) is 3.74. The number of carbonyl (C=O) groups excluding carboxylic acids is 1. The van der Waals surface area contributed by atoms with Gasteiger partial charge in [0.15, 0.2) is 0 Å². The average molecular weight is 272 g/mol. The van der Waals surface area contributed by atoms with Crippen LogP contribution in [-0.4, -0.2) is 17.8 Å². The zero-order chi connectivity index (χ0) is 13.1. The predicted octanol–water partition coefficient (Wildman–Crippen LogP) is 3.58. The van der Waals surface area contributed by atoms with Crippen molar-refractivity contribution >= 4 is 17.5 Å². The maximum Gasteiger partial charge on any atom is 0.220 e. The van der Waals surface area contributed by atoms with Crippen LogP contribution in [0.1, 0.15) is 52.4 Å². The molecule has 0 spiro atoms. The Labute approximate surface area is 116 Å². The maximum atomic E-state index is 12.1. The zero-order valence-corrected chi connectivity index (χ0v) is 12.4. The summed E-state index contributed by atoms with van der Waals surface area (Å²) in [7, 11) is 0. The number of carbonyl (C=O) groups is 1. The third-order valence-electron chi connectivity index (χ3n) is 4.64. The molecule has 0 aliphatic heterocycles. The summed E-state index contributed by atoms with van der Waals surface area (Å²) in [5.41, 5.74) is 0. The highest BCUT2D eigenvalue weighted by molar-refractivity contribution is 6.18. The van der Waals surface area contributed by atoms with Gasteiger partial charge in [0.25, 0.3) is 0 Å². The first-order valence-corrected chi connectivity index (χ1v) is 7.97. The molecule has 104 valence electrons. The van der Waals surface area contributed by atoms with E-state index in [1.807, 2.05) is 0 Å². The highest BCUT2D eigenvalue weighted by atomic mass is 35.5. The van der Waals surface area contributed by atoms with Crippen molar-refractivity contribution in [2.24, 2.45) is 23.7 Å². The van der Waals surface area contributed by atoms with Crippen molar-refractivity contribution in [3.05, 3.63) is 0 Å². The average Bonchev–Trinajstić information content (AvgIpc) is 2.89. The molecule has 2 aliphatic rings. The van der Waals surface area contributed by atoms with Crippen LogP contribution in [0.5, 0.6) is 0 Å². The van der Waals surface area contributed by atoms with Crippen LogP contribution in [-0.2, 0) is 4.79 Å². The summed E-state index contributed by atoms with van der Waals surface area (Å²) in [5, 5.41) is 3.11. The van der Waals surface area contributed by atoms with Crippen molar-refractivity contribution in [3.63, 3.8) is 0 Å². The fraction of sp³-hybridized carbons (Fsp3) is 0.933. The Morgan fingerprint density at radius 3 is 2.61 bits per heavy atom. The first kappa shape index (κ1) is 14.2. The summed E-state index contributed by atoms with van der Waals surface area (Å²) in [4.78, 5) is 12.1. The van der Waals surface area contributed by atoms with Crippen molar-refractivity contribution in [1.29, 1.82) is 0 Å². The van der Waals surface area contributed by atoms with Gasteiger partial charge in [-0.2, -0.15) is 0 Å². The number of rotatable bonds is 6. The van der Waals surface area contributed by atoms with Gasteiger partial charge in [-0.3, -0.25) is 4.79 Å². The largest absolute Gasteiger partial charge is 0.352 e. The summed E-state index contributed by atoms with van der Waals surface area (Å²) in [6.45, 7) is 4.34. The highest BCUT2D eigenvalue weighted by Gasteiger charge is 2.40. The molecule has 4 unspecified atom stereocenters. The van der Waals surface area contributed by atoms with E-state index in [1.165, 1.54) is 25.7 Å². The molecule has 0 saturated heterocycles. The van der Waals surface area contributed by atoms with Crippen molar-refractivity contribution in [1.82, 2.24) is 5.32 Å². The molecule has 1 amide bonds. The third-order valence-corrected chi connectivity index (χ3v) is 5.01. The monoisotopic (exact) mass is 271 g/mol. The normalized spacial score (nSPS) is 31.9. The molecule has 3 heteroatoms. The number of amides is 1. The second-order valence-electron chi connectivity index (χ2n) is 6.69. The van der Waals surface area contributed by atoms with E-state index in [4.69, 9.17) is 11.6 Å². The van der Waals surface area contributed by atoms with Gasteiger partial charge in [0.1, 0.15) is 0 Å². The first-order valence-electron chi connectivity index (χ1n) is 7.43. The van der Waals surface area contributed by atoms with Gasteiger partial charge in [0, 0.05) is 18.3 Å². The van der Waals surface area contributed by atoms with E-state index >= 15 is 0 Å². The molecule has 18 heavy (non-hydrogen) atoms. The van der Waals surface area contributed by atoms with E-state index < -0.39 is 0 Å². The Morgan fingerprint density at radius 1 is 1.33 bits per heavy atom. The molecule has 4 atom stereocenters. The molecule has 2 fully saturated rings. The van der Waals surface area contributed by atoms with Crippen LogP contribution < -0.4 is 5.32 Å². The lowest BCUT2D eigenvalue weighted by atomic mass is 9.86. The summed E-state index contributed by atoms with van der Waals surface area (Å²) < 4.78 is 0. The van der Waals surface area contributed by atoms with Crippen molar-refractivity contribution in [3.8, 4) is 0 Å². The van der Waals surface area contributed by atoms with Gasteiger partial charge < -0.3 is 5.32 Å². The zero-order valence-electron chi connectivity index (χ0n) is 11.6. The lowest BCUT2D eigenvalue weighted by Gasteiger charge is -2.23. The van der Waals surface area contributed by atoms with Crippen LogP contribution in [0.15, 0.2) is 0 Å². The Hall–Kier alpha value is -0.240. The van der Waals surface area contributed by atoms with Gasteiger partial charge in [0.05, 0.1) is 0 Å². The molecule has 0 aromatic rings. The Kier molecular flexibility index (Phi) is 4.94. The second-order valence-corrected chi connectivity index (χ2v) is 7.00. The Balaban J connectivity index is 1.74. The van der Waals surface area contributed by atoms with Crippen LogP contribution in [0.2, 0.25) is 0 Å². The van der Waals surface area contributed by atoms with Gasteiger partial charge in [-0.15, -0.1) is 11.6 Å². The molecule has 0 radical (unpaired) electrons. The number of hydrogen-bond acceptors (Lipinski definition) is 1. The minimum atomic E-state index is 0.151. The predicted molar refractivity (Wildman–Crippen MR) is 75.7 cm³/mol. The number of alkyl halides is 1. The minimum absolute atomic E-state index is 0.151. The van der Waals surface area contributed by atoms with Crippen LogP contribution in [0.4, 0.5) is 0 Å². The smallest absolute Gasteiger partial charge is 0.220 e. The van der Waals surface area contributed by atoms with Crippen molar-refractivity contribution in [2.45, 2.75) is 58.4 Å². The number of nitrogens with one attached hydrogen (secondary N) is 1. The molecular formula is C15H26ClNO. The quantitative estimate of drug-likeness (QED) is 0.735. The van der Waals surface area contributed by atoms with E-state index in [0.29, 0.717) is 17.7 Å². The van der Waals surface area contributed by atoms with E-state index in [1.54, 1.807) is 0 Å². The van der Waals surface area contributed by atoms with Crippen molar-refractivity contribution < 1.29 is 4.79 Å². The standard InChI is InChI=1S/C15H26ClNO/c1-10(2)5-14(9-16)17-15(18)8-13-7-11-3-4-12(13)6-11/h10-14H,3-9H2,1-2H3,(H,17,18). The molecule has 2 bridgehead atoms. The lowest BCUT2D eigenvalue weighted by Crippen LogP contribution is -2.38. The molecule has 0 aromatic heterocycles. The Bertz CT molecular complexity index is 292. The summed E-state index contributed by atoms with van der Waals surface area (Å²) >= 11 is 5.92. The SMILES string of the molecule is CC(C)CC(CCl)NC(=O)CC1CC2CCC1C2. The topological polar surface area (TPSA) is 29.1 Å². The second kappa shape index (κ2) is 6.27. The summed E-state index contributed by atoms with van der Waals surface area (Å²) in [6, 6.07) is 0.151. The van der Waals surface area contributed by atoms with E-state index in [9.17, 15) is 4.79 Å². The number of fused-ring (bicyclic) bond motifs is 2. The molecule has 2 saturated carbocycles. The molecule has 2 rings (SSSR count). The van der Waals surface area contributed by atoms with Crippen LogP contribution in [0.3, 0.4) is 0 Å². The minimum Gasteiger partial charge on any atom is -0.352 e. The van der Waals surface area contributed by atoms with Gasteiger partial charge in [-0.1, -0.05) is 20.3 Å². The number of halogens is 1. The van der Waals surface area contributed by atoms with Crippen LogP contribution in [0, 0.1) is 23.7 Å². The van der Waals surface area contributed by atoms with Gasteiger partial charge in [-0.25, -0.2) is 0 Å². The molecule has 2 nitrogen and oxygen atoms in total. The van der Waals surface area contributed by atoms with E-state index in [2.05, 4.69) is 19.2 Å². The maximum absolute atomic E-state index is 12.1. The molecule has 0 aromatic carbocycles. The van der Waals surface area contributed by atoms with Crippen LogP contribution in [0.25, 0.3) is 0 Å². The molecule has 1 N–H and O–H groups in total.